The Morgan fingerprint density at radius 2 is 1.90 bits per heavy atom. The standard InChI is InChI=1S/C16H17IN2OS/c17-13-8-6-11(7-9-13)14-10-21-16(18-14)19-15(20)12-4-2-1-3-5-12/h6-10,12H,1-5H2,(H,18,19,20). The van der Waals surface area contributed by atoms with Crippen LogP contribution in [0.15, 0.2) is 29.6 Å². The number of carbonyl (C=O) groups excluding carboxylic acids is 1. The van der Waals surface area contributed by atoms with Gasteiger partial charge < -0.3 is 5.32 Å². The Morgan fingerprint density at radius 1 is 1.19 bits per heavy atom. The summed E-state index contributed by atoms with van der Waals surface area (Å²) in [5.74, 6) is 0.308. The molecule has 3 nitrogen and oxygen atoms in total. The highest BCUT2D eigenvalue weighted by Crippen LogP contribution is 2.28. The highest BCUT2D eigenvalue weighted by Gasteiger charge is 2.21. The molecule has 3 rings (SSSR count). The fourth-order valence-corrected chi connectivity index (χ4v) is 3.74. The van der Waals surface area contributed by atoms with E-state index in [-0.39, 0.29) is 11.8 Å². The summed E-state index contributed by atoms with van der Waals surface area (Å²) in [7, 11) is 0. The molecule has 1 aromatic carbocycles. The first kappa shape index (κ1) is 15.0. The molecule has 2 aromatic rings. The van der Waals surface area contributed by atoms with E-state index in [1.165, 1.54) is 34.2 Å². The van der Waals surface area contributed by atoms with Gasteiger partial charge in [-0.15, -0.1) is 11.3 Å². The highest BCUT2D eigenvalue weighted by atomic mass is 127. The van der Waals surface area contributed by atoms with Gasteiger partial charge in [-0.2, -0.15) is 0 Å². The van der Waals surface area contributed by atoms with E-state index in [1.54, 1.807) is 0 Å². The summed E-state index contributed by atoms with van der Waals surface area (Å²) < 4.78 is 1.21. The Bertz CT molecular complexity index is 617. The quantitative estimate of drug-likeness (QED) is 0.727. The van der Waals surface area contributed by atoms with Gasteiger partial charge >= 0.3 is 0 Å². The third-order valence-corrected chi connectivity index (χ3v) is 5.33. The number of benzene rings is 1. The zero-order valence-corrected chi connectivity index (χ0v) is 14.6. The molecule has 1 aliphatic rings. The van der Waals surface area contributed by atoms with Gasteiger partial charge in [0.1, 0.15) is 0 Å². The van der Waals surface area contributed by atoms with Crippen molar-refractivity contribution in [2.75, 3.05) is 5.32 Å². The molecule has 0 bridgehead atoms. The molecule has 0 atom stereocenters. The molecule has 110 valence electrons. The van der Waals surface area contributed by atoms with E-state index in [4.69, 9.17) is 0 Å². The summed E-state index contributed by atoms with van der Waals surface area (Å²) in [6.07, 6.45) is 5.63. The summed E-state index contributed by atoms with van der Waals surface area (Å²) in [6, 6.07) is 8.25. The van der Waals surface area contributed by atoms with Crippen molar-refractivity contribution in [3.8, 4) is 11.3 Å². The van der Waals surface area contributed by atoms with E-state index in [0.717, 1.165) is 24.1 Å². The van der Waals surface area contributed by atoms with Crippen LogP contribution in [-0.4, -0.2) is 10.9 Å². The van der Waals surface area contributed by atoms with Crippen molar-refractivity contribution in [1.29, 1.82) is 0 Å². The van der Waals surface area contributed by atoms with Crippen molar-refractivity contribution in [3.63, 3.8) is 0 Å². The number of aromatic nitrogens is 1. The lowest BCUT2D eigenvalue weighted by atomic mass is 9.89. The lowest BCUT2D eigenvalue weighted by molar-refractivity contribution is -0.120. The number of anilines is 1. The van der Waals surface area contributed by atoms with Crippen molar-refractivity contribution < 1.29 is 4.79 Å². The Morgan fingerprint density at radius 3 is 2.62 bits per heavy atom. The zero-order valence-electron chi connectivity index (χ0n) is 11.6. The summed E-state index contributed by atoms with van der Waals surface area (Å²) in [5, 5.41) is 5.69. The fourth-order valence-electron chi connectivity index (χ4n) is 2.66. The normalized spacial score (nSPS) is 15.9. The second-order valence-corrected chi connectivity index (χ2v) is 7.47. The van der Waals surface area contributed by atoms with Crippen LogP contribution in [0.4, 0.5) is 5.13 Å². The van der Waals surface area contributed by atoms with Gasteiger partial charge in [-0.05, 0) is 47.6 Å². The van der Waals surface area contributed by atoms with Gasteiger partial charge in [0, 0.05) is 20.4 Å². The molecule has 1 aromatic heterocycles. The summed E-state index contributed by atoms with van der Waals surface area (Å²) in [4.78, 5) is 16.7. The minimum atomic E-state index is 0.137. The fraction of sp³-hybridized carbons (Fsp3) is 0.375. The molecule has 0 spiro atoms. The van der Waals surface area contributed by atoms with E-state index >= 15 is 0 Å². The maximum atomic E-state index is 12.2. The molecule has 1 aliphatic carbocycles. The van der Waals surface area contributed by atoms with Crippen LogP contribution in [0.25, 0.3) is 11.3 Å². The first-order valence-electron chi connectivity index (χ1n) is 7.25. The maximum Gasteiger partial charge on any atom is 0.229 e. The average molecular weight is 412 g/mol. The second kappa shape index (κ2) is 6.87. The third kappa shape index (κ3) is 3.83. The van der Waals surface area contributed by atoms with Crippen LogP contribution in [-0.2, 0) is 4.79 Å². The molecular weight excluding hydrogens is 395 g/mol. The van der Waals surface area contributed by atoms with Crippen LogP contribution in [0.1, 0.15) is 32.1 Å². The van der Waals surface area contributed by atoms with Gasteiger partial charge in [0.25, 0.3) is 0 Å². The number of nitrogens with zero attached hydrogens (tertiary/aromatic N) is 1. The molecule has 21 heavy (non-hydrogen) atoms. The van der Waals surface area contributed by atoms with E-state index in [9.17, 15) is 4.79 Å². The van der Waals surface area contributed by atoms with Crippen molar-refractivity contribution in [1.82, 2.24) is 4.98 Å². The minimum absolute atomic E-state index is 0.137. The van der Waals surface area contributed by atoms with Gasteiger partial charge in [-0.1, -0.05) is 31.4 Å². The van der Waals surface area contributed by atoms with Gasteiger partial charge in [0.2, 0.25) is 5.91 Å². The van der Waals surface area contributed by atoms with E-state index in [1.807, 2.05) is 5.38 Å². The maximum absolute atomic E-state index is 12.2. The summed E-state index contributed by atoms with van der Waals surface area (Å²) >= 11 is 3.78. The monoisotopic (exact) mass is 412 g/mol. The van der Waals surface area contributed by atoms with Crippen molar-refractivity contribution in [2.24, 2.45) is 5.92 Å². The predicted molar refractivity (Wildman–Crippen MR) is 95.5 cm³/mol. The first-order chi connectivity index (χ1) is 10.2. The molecule has 1 heterocycles. The number of rotatable bonds is 3. The van der Waals surface area contributed by atoms with E-state index < -0.39 is 0 Å². The molecule has 1 fully saturated rings. The van der Waals surface area contributed by atoms with Gasteiger partial charge in [-0.3, -0.25) is 4.79 Å². The van der Waals surface area contributed by atoms with Gasteiger partial charge in [-0.25, -0.2) is 4.98 Å². The summed E-state index contributed by atoms with van der Waals surface area (Å²) in [5.41, 5.74) is 2.01. The lowest BCUT2D eigenvalue weighted by Crippen LogP contribution is -2.24. The second-order valence-electron chi connectivity index (χ2n) is 5.37. The Hall–Kier alpha value is -0.950. The number of amides is 1. The highest BCUT2D eigenvalue weighted by molar-refractivity contribution is 14.1. The number of hydrogen-bond acceptors (Lipinski definition) is 3. The van der Waals surface area contributed by atoms with Crippen molar-refractivity contribution in [2.45, 2.75) is 32.1 Å². The van der Waals surface area contributed by atoms with Crippen LogP contribution < -0.4 is 5.32 Å². The molecule has 0 unspecified atom stereocenters. The van der Waals surface area contributed by atoms with E-state index in [0.29, 0.717) is 5.13 Å². The number of thiazole rings is 1. The number of halogens is 1. The Balaban J connectivity index is 1.67. The molecular formula is C16H17IN2OS. The molecule has 1 N–H and O–H groups in total. The molecule has 0 aliphatic heterocycles. The van der Waals surface area contributed by atoms with Gasteiger partial charge in [0.15, 0.2) is 5.13 Å². The molecule has 0 saturated heterocycles. The van der Waals surface area contributed by atoms with Crippen molar-refractivity contribution >= 4 is 45.0 Å². The summed E-state index contributed by atoms with van der Waals surface area (Å²) in [6.45, 7) is 0. The van der Waals surface area contributed by atoms with Crippen LogP contribution in [0.2, 0.25) is 0 Å². The number of carbonyl (C=O) groups is 1. The third-order valence-electron chi connectivity index (χ3n) is 3.85. The van der Waals surface area contributed by atoms with Crippen molar-refractivity contribution in [3.05, 3.63) is 33.2 Å². The van der Waals surface area contributed by atoms with Crippen LogP contribution >= 0.6 is 33.9 Å². The topological polar surface area (TPSA) is 42.0 Å². The average Bonchev–Trinajstić information content (AvgIpc) is 2.97. The molecule has 1 saturated carbocycles. The van der Waals surface area contributed by atoms with E-state index in [2.05, 4.69) is 57.2 Å². The minimum Gasteiger partial charge on any atom is -0.302 e. The molecule has 5 heteroatoms. The Labute approximate surface area is 142 Å². The molecule has 1 amide bonds. The number of nitrogens with one attached hydrogen (secondary N) is 1. The van der Waals surface area contributed by atoms with Gasteiger partial charge in [0.05, 0.1) is 5.69 Å². The van der Waals surface area contributed by atoms with Crippen LogP contribution in [0.3, 0.4) is 0 Å². The largest absolute Gasteiger partial charge is 0.302 e. The Kier molecular flexibility index (Phi) is 4.90. The number of hydrogen-bond donors (Lipinski definition) is 1. The zero-order chi connectivity index (χ0) is 14.7. The predicted octanol–water partition coefficient (Wildman–Crippen LogP) is 4.93. The lowest BCUT2D eigenvalue weighted by Gasteiger charge is -2.19. The smallest absolute Gasteiger partial charge is 0.229 e. The first-order valence-corrected chi connectivity index (χ1v) is 9.20. The van der Waals surface area contributed by atoms with Crippen LogP contribution in [0.5, 0.6) is 0 Å². The molecule has 0 radical (unpaired) electrons. The SMILES string of the molecule is O=C(Nc1nc(-c2ccc(I)cc2)cs1)C1CCCCC1. The van der Waals surface area contributed by atoms with Crippen LogP contribution in [0, 0.1) is 9.49 Å².